The van der Waals surface area contributed by atoms with Gasteiger partial charge >= 0.3 is 5.97 Å². The highest BCUT2D eigenvalue weighted by Gasteiger charge is 2.02. The van der Waals surface area contributed by atoms with Crippen molar-refractivity contribution in [3.8, 4) is 5.75 Å². The summed E-state index contributed by atoms with van der Waals surface area (Å²) in [4.78, 5) is 10.5. The van der Waals surface area contributed by atoms with E-state index in [2.05, 4.69) is 6.92 Å². The van der Waals surface area contributed by atoms with E-state index in [4.69, 9.17) is 9.84 Å². The van der Waals surface area contributed by atoms with Gasteiger partial charge in [-0.2, -0.15) is 11.8 Å². The zero-order chi connectivity index (χ0) is 12.7. The molecule has 0 amide bonds. The number of thioether (sulfide) groups is 1. The number of hydrogen-bond donors (Lipinski definition) is 1. The maximum atomic E-state index is 10.5. The van der Waals surface area contributed by atoms with Crippen LogP contribution in [-0.2, 0) is 10.5 Å². The van der Waals surface area contributed by atoms with Crippen LogP contribution >= 0.6 is 11.8 Å². The molecule has 0 saturated heterocycles. The summed E-state index contributed by atoms with van der Waals surface area (Å²) in [5, 5.41) is 8.63. The quantitative estimate of drug-likeness (QED) is 0.790. The molecule has 1 rings (SSSR count). The van der Waals surface area contributed by atoms with Gasteiger partial charge in [-0.05, 0) is 35.1 Å². The fourth-order valence-corrected chi connectivity index (χ4v) is 2.04. The van der Waals surface area contributed by atoms with Gasteiger partial charge in [-0.15, -0.1) is 0 Å². The SMILES string of the molecule is CCSCc1cc(OC)ccc1C=CC(=O)O. The average molecular weight is 252 g/mol. The molecule has 0 bridgehead atoms. The van der Waals surface area contributed by atoms with E-state index in [0.717, 1.165) is 34.5 Å². The molecular weight excluding hydrogens is 236 g/mol. The molecule has 1 N–H and O–H groups in total. The van der Waals surface area contributed by atoms with Gasteiger partial charge in [0, 0.05) is 11.8 Å². The van der Waals surface area contributed by atoms with Crippen LogP contribution in [0.25, 0.3) is 6.08 Å². The van der Waals surface area contributed by atoms with Gasteiger partial charge in [-0.3, -0.25) is 0 Å². The lowest BCUT2D eigenvalue weighted by Gasteiger charge is -2.08. The third-order valence-electron chi connectivity index (χ3n) is 2.22. The summed E-state index contributed by atoms with van der Waals surface area (Å²) in [5.74, 6) is 1.74. The number of carboxylic acid groups (broad SMARTS) is 1. The van der Waals surface area contributed by atoms with Crippen LogP contribution < -0.4 is 4.74 Å². The highest BCUT2D eigenvalue weighted by molar-refractivity contribution is 7.98. The van der Waals surface area contributed by atoms with Gasteiger partial charge in [-0.25, -0.2) is 4.79 Å². The van der Waals surface area contributed by atoms with E-state index in [1.807, 2.05) is 18.2 Å². The van der Waals surface area contributed by atoms with Gasteiger partial charge in [0.1, 0.15) is 5.75 Å². The maximum Gasteiger partial charge on any atom is 0.328 e. The van der Waals surface area contributed by atoms with Crippen molar-refractivity contribution in [1.82, 2.24) is 0 Å². The van der Waals surface area contributed by atoms with Gasteiger partial charge in [0.15, 0.2) is 0 Å². The van der Waals surface area contributed by atoms with Crippen LogP contribution in [-0.4, -0.2) is 23.9 Å². The van der Waals surface area contributed by atoms with Crippen LogP contribution in [0.15, 0.2) is 24.3 Å². The van der Waals surface area contributed by atoms with E-state index in [1.165, 1.54) is 0 Å². The molecule has 0 fully saturated rings. The molecule has 3 nitrogen and oxygen atoms in total. The Labute approximate surface area is 105 Å². The van der Waals surface area contributed by atoms with Crippen molar-refractivity contribution in [2.24, 2.45) is 0 Å². The Balaban J connectivity index is 2.97. The highest BCUT2D eigenvalue weighted by atomic mass is 32.2. The van der Waals surface area contributed by atoms with E-state index in [0.29, 0.717) is 0 Å². The minimum Gasteiger partial charge on any atom is -0.497 e. The minimum absolute atomic E-state index is 0.796. The summed E-state index contributed by atoms with van der Waals surface area (Å²) < 4.78 is 5.17. The Kier molecular flexibility index (Phi) is 5.63. The molecular formula is C13H16O3S. The van der Waals surface area contributed by atoms with Gasteiger partial charge in [0.25, 0.3) is 0 Å². The Morgan fingerprint density at radius 2 is 2.29 bits per heavy atom. The molecule has 0 aliphatic carbocycles. The molecule has 0 radical (unpaired) electrons. The van der Waals surface area contributed by atoms with Gasteiger partial charge in [0.2, 0.25) is 0 Å². The number of hydrogen-bond acceptors (Lipinski definition) is 3. The van der Waals surface area contributed by atoms with Crippen molar-refractivity contribution in [2.75, 3.05) is 12.9 Å². The number of ether oxygens (including phenoxy) is 1. The lowest BCUT2D eigenvalue weighted by molar-refractivity contribution is -0.131. The van der Waals surface area contributed by atoms with E-state index >= 15 is 0 Å². The monoisotopic (exact) mass is 252 g/mol. The first kappa shape index (κ1) is 13.6. The molecule has 0 spiro atoms. The average Bonchev–Trinajstić information content (AvgIpc) is 2.34. The first-order valence-corrected chi connectivity index (χ1v) is 6.48. The molecule has 92 valence electrons. The predicted molar refractivity (Wildman–Crippen MR) is 71.5 cm³/mol. The maximum absolute atomic E-state index is 10.5. The summed E-state index contributed by atoms with van der Waals surface area (Å²) in [5.41, 5.74) is 2.02. The largest absolute Gasteiger partial charge is 0.497 e. The highest BCUT2D eigenvalue weighted by Crippen LogP contribution is 2.23. The number of benzene rings is 1. The molecule has 0 aliphatic heterocycles. The molecule has 0 saturated carbocycles. The lowest BCUT2D eigenvalue weighted by atomic mass is 10.1. The molecule has 0 atom stereocenters. The van der Waals surface area contributed by atoms with E-state index < -0.39 is 5.97 Å². The van der Waals surface area contributed by atoms with Gasteiger partial charge in [-0.1, -0.05) is 13.0 Å². The van der Waals surface area contributed by atoms with Crippen molar-refractivity contribution in [1.29, 1.82) is 0 Å². The van der Waals surface area contributed by atoms with Gasteiger partial charge < -0.3 is 9.84 Å². The smallest absolute Gasteiger partial charge is 0.328 e. The summed E-state index contributed by atoms with van der Waals surface area (Å²) in [6, 6.07) is 5.66. The molecule has 0 aromatic heterocycles. The van der Waals surface area contributed by atoms with E-state index in [1.54, 1.807) is 24.9 Å². The second kappa shape index (κ2) is 7.01. The van der Waals surface area contributed by atoms with Gasteiger partial charge in [0.05, 0.1) is 7.11 Å². The first-order chi connectivity index (χ1) is 8.17. The number of carbonyl (C=O) groups is 1. The van der Waals surface area contributed by atoms with Crippen molar-refractivity contribution < 1.29 is 14.6 Å². The third-order valence-corrected chi connectivity index (χ3v) is 3.14. The van der Waals surface area contributed by atoms with Crippen LogP contribution in [0.5, 0.6) is 5.75 Å². The summed E-state index contributed by atoms with van der Waals surface area (Å²) >= 11 is 1.79. The standard InChI is InChI=1S/C13H16O3S/c1-3-17-9-11-8-12(16-2)6-4-10(11)5-7-13(14)15/h4-8H,3,9H2,1-2H3,(H,14,15). The van der Waals surface area contributed by atoms with E-state index in [-0.39, 0.29) is 0 Å². The fourth-order valence-electron chi connectivity index (χ4n) is 1.37. The molecule has 17 heavy (non-hydrogen) atoms. The normalized spacial score (nSPS) is 10.7. The number of carboxylic acids is 1. The van der Waals surface area contributed by atoms with Crippen LogP contribution in [0, 0.1) is 0 Å². The molecule has 4 heteroatoms. The van der Waals surface area contributed by atoms with Crippen molar-refractivity contribution in [3.63, 3.8) is 0 Å². The predicted octanol–water partition coefficient (Wildman–Crippen LogP) is 3.05. The van der Waals surface area contributed by atoms with Crippen LogP contribution in [0.3, 0.4) is 0 Å². The molecule has 0 heterocycles. The second-order valence-electron chi connectivity index (χ2n) is 3.37. The summed E-state index contributed by atoms with van der Waals surface area (Å²) in [6.07, 6.45) is 2.77. The topological polar surface area (TPSA) is 46.5 Å². The van der Waals surface area contributed by atoms with Crippen LogP contribution in [0.4, 0.5) is 0 Å². The Bertz CT molecular complexity index is 413. The molecule has 0 aliphatic rings. The fraction of sp³-hybridized carbons (Fsp3) is 0.308. The zero-order valence-electron chi connectivity index (χ0n) is 9.97. The van der Waals surface area contributed by atoms with E-state index in [9.17, 15) is 4.79 Å². The summed E-state index contributed by atoms with van der Waals surface area (Å²) in [7, 11) is 1.62. The van der Waals surface area contributed by atoms with Crippen LogP contribution in [0.2, 0.25) is 0 Å². The number of methoxy groups -OCH3 is 1. The summed E-state index contributed by atoms with van der Waals surface area (Å²) in [6.45, 7) is 2.09. The number of aliphatic carboxylic acids is 1. The molecule has 1 aromatic carbocycles. The minimum atomic E-state index is -0.935. The third kappa shape index (κ3) is 4.53. The number of rotatable bonds is 6. The first-order valence-electron chi connectivity index (χ1n) is 5.33. The van der Waals surface area contributed by atoms with Crippen molar-refractivity contribution >= 4 is 23.8 Å². The van der Waals surface area contributed by atoms with Crippen LogP contribution in [0.1, 0.15) is 18.1 Å². The molecule has 0 unspecified atom stereocenters. The Morgan fingerprint density at radius 3 is 2.88 bits per heavy atom. The zero-order valence-corrected chi connectivity index (χ0v) is 10.8. The second-order valence-corrected chi connectivity index (χ2v) is 4.65. The Morgan fingerprint density at radius 1 is 1.53 bits per heavy atom. The van der Waals surface area contributed by atoms with Crippen molar-refractivity contribution in [2.45, 2.75) is 12.7 Å². The Hall–Kier alpha value is -1.42. The lowest BCUT2D eigenvalue weighted by Crippen LogP contribution is -1.92. The van der Waals surface area contributed by atoms with Crippen molar-refractivity contribution in [3.05, 3.63) is 35.4 Å². The molecule has 1 aromatic rings.